The Bertz CT molecular complexity index is 545. The van der Waals surface area contributed by atoms with Crippen LogP contribution in [-0.4, -0.2) is 5.75 Å². The van der Waals surface area contributed by atoms with Crippen molar-refractivity contribution < 1.29 is 5.11 Å². The van der Waals surface area contributed by atoms with Crippen molar-refractivity contribution in [1.82, 2.24) is 0 Å². The predicted molar refractivity (Wildman–Crippen MR) is 127 cm³/mol. The highest BCUT2D eigenvalue weighted by Gasteiger charge is 2.26. The van der Waals surface area contributed by atoms with Gasteiger partial charge >= 0.3 is 0 Å². The fourth-order valence-electron chi connectivity index (χ4n) is 5.41. The third-order valence-corrected chi connectivity index (χ3v) is 8.29. The molecule has 0 unspecified atom stereocenters. The Morgan fingerprint density at radius 2 is 1.21 bits per heavy atom. The van der Waals surface area contributed by atoms with E-state index in [0.29, 0.717) is 17.6 Å². The van der Waals surface area contributed by atoms with Crippen LogP contribution in [-0.2, 0) is 5.11 Å². The molecule has 1 radical (unpaired) electrons. The summed E-state index contributed by atoms with van der Waals surface area (Å²) in [5, 5.41) is 13.4. The van der Waals surface area contributed by atoms with E-state index in [4.69, 9.17) is 0 Å². The van der Waals surface area contributed by atoms with Crippen LogP contribution in [0.25, 0.3) is 0 Å². The van der Waals surface area contributed by atoms with Gasteiger partial charge in [0.15, 0.2) is 5.75 Å². The molecule has 1 aromatic carbocycles. The Balaban J connectivity index is 1.62. The van der Waals surface area contributed by atoms with Gasteiger partial charge in [-0.15, -0.1) is 11.8 Å². The molecule has 3 rings (SSSR count). The number of hydrogen-bond acceptors (Lipinski definition) is 1. The molecule has 2 aliphatic rings. The van der Waals surface area contributed by atoms with Crippen molar-refractivity contribution in [2.75, 3.05) is 5.75 Å². The van der Waals surface area contributed by atoms with Crippen LogP contribution in [0.5, 0.6) is 5.75 Å². The van der Waals surface area contributed by atoms with Gasteiger partial charge in [-0.3, -0.25) is 5.11 Å². The summed E-state index contributed by atoms with van der Waals surface area (Å²) in [7, 11) is 0. The van der Waals surface area contributed by atoms with Crippen molar-refractivity contribution in [2.24, 2.45) is 0 Å². The SMILES string of the molecule is CCCCCCCCCSc1cc(C2CCCCC2)c([O])c(C2CCCCC2)c1. The molecule has 1 aromatic rings. The molecule has 2 saturated carbocycles. The molecule has 0 saturated heterocycles. The van der Waals surface area contributed by atoms with Gasteiger partial charge in [-0.25, -0.2) is 0 Å². The minimum atomic E-state index is 0.420. The summed E-state index contributed by atoms with van der Waals surface area (Å²) in [4.78, 5) is 1.39. The van der Waals surface area contributed by atoms with Crippen molar-refractivity contribution >= 4 is 11.8 Å². The molecule has 0 amide bonds. The van der Waals surface area contributed by atoms with E-state index in [0.717, 1.165) is 0 Å². The van der Waals surface area contributed by atoms with Crippen molar-refractivity contribution in [2.45, 2.75) is 133 Å². The van der Waals surface area contributed by atoms with Gasteiger partial charge in [0.05, 0.1) is 0 Å². The molecule has 0 bridgehead atoms. The van der Waals surface area contributed by atoms with Crippen LogP contribution in [0.3, 0.4) is 0 Å². The molecule has 1 nitrogen and oxygen atoms in total. The summed E-state index contributed by atoms with van der Waals surface area (Å²) in [6.45, 7) is 2.28. The Morgan fingerprint density at radius 1 is 0.724 bits per heavy atom. The highest BCUT2D eigenvalue weighted by atomic mass is 32.2. The van der Waals surface area contributed by atoms with Gasteiger partial charge in [-0.1, -0.05) is 84.0 Å². The molecule has 0 aliphatic heterocycles. The minimum Gasteiger partial charge on any atom is -0.289 e. The van der Waals surface area contributed by atoms with Gasteiger partial charge in [0.1, 0.15) is 0 Å². The minimum absolute atomic E-state index is 0.420. The van der Waals surface area contributed by atoms with Crippen LogP contribution in [0.2, 0.25) is 0 Å². The molecular weight excluding hydrogens is 372 g/mol. The molecule has 0 spiro atoms. The number of hydrogen-bond donors (Lipinski definition) is 0. The maximum absolute atomic E-state index is 13.4. The Hall–Kier alpha value is -0.630. The maximum Gasteiger partial charge on any atom is 0.185 e. The first-order valence-electron chi connectivity index (χ1n) is 12.8. The number of rotatable bonds is 11. The van der Waals surface area contributed by atoms with E-state index < -0.39 is 0 Å². The lowest BCUT2D eigenvalue weighted by Gasteiger charge is -2.27. The fourth-order valence-corrected chi connectivity index (χ4v) is 6.42. The lowest BCUT2D eigenvalue weighted by Crippen LogP contribution is -2.09. The average molecular weight is 416 g/mol. The molecule has 163 valence electrons. The molecule has 0 heterocycles. The van der Waals surface area contributed by atoms with E-state index in [-0.39, 0.29) is 0 Å². The van der Waals surface area contributed by atoms with Crippen LogP contribution in [0.1, 0.15) is 139 Å². The largest absolute Gasteiger partial charge is 0.289 e. The third kappa shape index (κ3) is 7.23. The number of benzene rings is 1. The number of thioether (sulfide) groups is 1. The summed E-state index contributed by atoms with van der Waals surface area (Å²) in [6, 6.07) is 4.60. The second-order valence-electron chi connectivity index (χ2n) is 9.57. The summed E-state index contributed by atoms with van der Waals surface area (Å²) >= 11 is 2.01. The van der Waals surface area contributed by atoms with Crippen LogP contribution in [0, 0.1) is 0 Å². The highest BCUT2D eigenvalue weighted by molar-refractivity contribution is 7.99. The first kappa shape index (κ1) is 23.0. The van der Waals surface area contributed by atoms with Crippen LogP contribution in [0.15, 0.2) is 17.0 Å². The lowest BCUT2D eigenvalue weighted by molar-refractivity contribution is 0.323. The molecule has 0 aromatic heterocycles. The Morgan fingerprint density at radius 3 is 1.72 bits per heavy atom. The van der Waals surface area contributed by atoms with Crippen LogP contribution in [0.4, 0.5) is 0 Å². The highest BCUT2D eigenvalue weighted by Crippen LogP contribution is 2.46. The monoisotopic (exact) mass is 415 g/mol. The average Bonchev–Trinajstić information content (AvgIpc) is 2.77. The van der Waals surface area contributed by atoms with E-state index in [1.165, 1.54) is 131 Å². The molecule has 2 fully saturated rings. The number of unbranched alkanes of at least 4 members (excludes halogenated alkanes) is 6. The van der Waals surface area contributed by atoms with Gasteiger partial charge in [-0.2, -0.15) is 0 Å². The second kappa shape index (κ2) is 12.9. The maximum atomic E-state index is 13.4. The van der Waals surface area contributed by atoms with Gasteiger partial charge in [0, 0.05) is 16.0 Å². The molecular formula is C27H43OS. The molecule has 0 N–H and O–H groups in total. The van der Waals surface area contributed by atoms with E-state index >= 15 is 0 Å². The van der Waals surface area contributed by atoms with Crippen LogP contribution < -0.4 is 0 Å². The van der Waals surface area contributed by atoms with Gasteiger partial charge < -0.3 is 0 Å². The summed E-state index contributed by atoms with van der Waals surface area (Å²) < 4.78 is 0. The van der Waals surface area contributed by atoms with E-state index in [1.807, 2.05) is 11.8 Å². The zero-order valence-corrected chi connectivity index (χ0v) is 19.7. The molecule has 0 atom stereocenters. The topological polar surface area (TPSA) is 19.9 Å². The zero-order valence-electron chi connectivity index (χ0n) is 18.9. The first-order chi connectivity index (χ1) is 14.3. The summed E-state index contributed by atoms with van der Waals surface area (Å²) in [6.07, 6.45) is 22.4. The third-order valence-electron chi connectivity index (χ3n) is 7.23. The van der Waals surface area contributed by atoms with Gasteiger partial charge in [0.25, 0.3) is 0 Å². The van der Waals surface area contributed by atoms with Crippen molar-refractivity contribution in [3.05, 3.63) is 23.3 Å². The van der Waals surface area contributed by atoms with Crippen molar-refractivity contribution in [3.8, 4) is 5.75 Å². The normalized spacial score (nSPS) is 18.9. The summed E-state index contributed by atoms with van der Waals surface area (Å²) in [5.41, 5.74) is 2.35. The predicted octanol–water partition coefficient (Wildman–Crippen LogP) is 9.77. The quantitative estimate of drug-likeness (QED) is 0.260. The second-order valence-corrected chi connectivity index (χ2v) is 10.7. The van der Waals surface area contributed by atoms with Crippen LogP contribution >= 0.6 is 11.8 Å². The Labute approximate surface area is 184 Å². The molecule has 29 heavy (non-hydrogen) atoms. The van der Waals surface area contributed by atoms with Gasteiger partial charge in [-0.05, 0) is 61.8 Å². The molecule has 2 aliphatic carbocycles. The van der Waals surface area contributed by atoms with E-state index in [2.05, 4.69) is 19.1 Å². The lowest BCUT2D eigenvalue weighted by atomic mass is 9.79. The van der Waals surface area contributed by atoms with E-state index in [1.54, 1.807) is 0 Å². The summed E-state index contributed by atoms with van der Waals surface area (Å²) in [5.74, 6) is 2.68. The standard InChI is InChI=1S/C27H43OS/c1-2-3-4-5-6-7-14-19-29-24-20-25(22-15-10-8-11-16-22)27(28)26(21-24)23-17-12-9-13-18-23/h20-23H,2-19H2,1H3. The van der Waals surface area contributed by atoms with Gasteiger partial charge in [0.2, 0.25) is 0 Å². The fraction of sp³-hybridized carbons (Fsp3) is 0.778. The van der Waals surface area contributed by atoms with Crippen molar-refractivity contribution in [3.63, 3.8) is 0 Å². The Kier molecular flexibility index (Phi) is 10.3. The van der Waals surface area contributed by atoms with Crippen molar-refractivity contribution in [1.29, 1.82) is 0 Å². The van der Waals surface area contributed by atoms with E-state index in [9.17, 15) is 5.11 Å². The smallest absolute Gasteiger partial charge is 0.185 e. The molecule has 2 heteroatoms. The zero-order chi connectivity index (χ0) is 20.3. The first-order valence-corrected chi connectivity index (χ1v) is 13.8.